The van der Waals surface area contributed by atoms with Crippen LogP contribution in [0.2, 0.25) is 0 Å². The number of hydrogen-bond acceptors (Lipinski definition) is 3. The summed E-state index contributed by atoms with van der Waals surface area (Å²) in [5.41, 5.74) is 4.96. The lowest BCUT2D eigenvalue weighted by Gasteiger charge is -2.42. The van der Waals surface area contributed by atoms with Gasteiger partial charge in [-0.25, -0.2) is 0 Å². The Labute approximate surface area is 105 Å². The SMILES string of the molecule is COCCN(C(=O)C(C)(C)C(C)(C)N)C(C)C. The lowest BCUT2D eigenvalue weighted by atomic mass is 9.74. The topological polar surface area (TPSA) is 55.6 Å². The fraction of sp³-hybridized carbons (Fsp3) is 0.923. The van der Waals surface area contributed by atoms with E-state index in [1.54, 1.807) is 7.11 Å². The fourth-order valence-electron chi connectivity index (χ4n) is 1.42. The van der Waals surface area contributed by atoms with Gasteiger partial charge in [-0.3, -0.25) is 4.79 Å². The Hall–Kier alpha value is -0.610. The summed E-state index contributed by atoms with van der Waals surface area (Å²) in [6.07, 6.45) is 0. The van der Waals surface area contributed by atoms with Crippen molar-refractivity contribution in [3.8, 4) is 0 Å². The highest BCUT2D eigenvalue weighted by molar-refractivity contribution is 5.83. The summed E-state index contributed by atoms with van der Waals surface area (Å²) in [5, 5.41) is 0. The van der Waals surface area contributed by atoms with E-state index in [-0.39, 0.29) is 11.9 Å². The molecule has 0 aliphatic heterocycles. The van der Waals surface area contributed by atoms with Gasteiger partial charge in [-0.15, -0.1) is 0 Å². The van der Waals surface area contributed by atoms with Crippen LogP contribution in [0, 0.1) is 5.41 Å². The summed E-state index contributed by atoms with van der Waals surface area (Å²) in [5.74, 6) is 0.0806. The van der Waals surface area contributed by atoms with Gasteiger partial charge in [0.1, 0.15) is 0 Å². The first-order chi connectivity index (χ1) is 7.55. The summed E-state index contributed by atoms with van der Waals surface area (Å²) in [6.45, 7) is 12.7. The zero-order chi connectivity index (χ0) is 13.9. The number of ether oxygens (including phenoxy) is 1. The molecule has 0 aliphatic carbocycles. The van der Waals surface area contributed by atoms with Crippen LogP contribution in [-0.4, -0.2) is 42.6 Å². The number of nitrogens with two attached hydrogens (primary N) is 1. The van der Waals surface area contributed by atoms with Gasteiger partial charge in [-0.05, 0) is 41.5 Å². The molecule has 102 valence electrons. The largest absolute Gasteiger partial charge is 0.383 e. The quantitative estimate of drug-likeness (QED) is 0.772. The smallest absolute Gasteiger partial charge is 0.230 e. The molecule has 0 fully saturated rings. The average Bonchev–Trinajstić information content (AvgIpc) is 2.15. The second kappa shape index (κ2) is 5.83. The van der Waals surface area contributed by atoms with Crippen LogP contribution in [0.1, 0.15) is 41.5 Å². The zero-order valence-corrected chi connectivity index (χ0v) is 12.3. The maximum Gasteiger partial charge on any atom is 0.230 e. The molecule has 0 atom stereocenters. The van der Waals surface area contributed by atoms with Gasteiger partial charge in [0.25, 0.3) is 0 Å². The molecule has 2 N–H and O–H groups in total. The molecule has 0 aliphatic rings. The molecule has 0 aromatic rings. The van der Waals surface area contributed by atoms with Crippen molar-refractivity contribution in [3.63, 3.8) is 0 Å². The molecule has 0 bridgehead atoms. The standard InChI is InChI=1S/C13H28N2O2/c1-10(2)15(8-9-17-7)11(16)12(3,4)13(5,6)14/h10H,8-9,14H2,1-7H3. The Morgan fingerprint density at radius 3 is 2.06 bits per heavy atom. The highest BCUT2D eigenvalue weighted by Crippen LogP contribution is 2.31. The predicted octanol–water partition coefficient (Wildman–Crippen LogP) is 1.63. The molecule has 0 radical (unpaired) electrons. The van der Waals surface area contributed by atoms with E-state index in [0.29, 0.717) is 13.2 Å². The molecule has 1 amide bonds. The Morgan fingerprint density at radius 1 is 1.29 bits per heavy atom. The molecule has 0 saturated heterocycles. The van der Waals surface area contributed by atoms with E-state index >= 15 is 0 Å². The molecule has 0 heterocycles. The molecule has 17 heavy (non-hydrogen) atoms. The molecular formula is C13H28N2O2. The summed E-state index contributed by atoms with van der Waals surface area (Å²) in [6, 6.07) is 0.152. The minimum atomic E-state index is -0.592. The van der Waals surface area contributed by atoms with Crippen molar-refractivity contribution in [2.75, 3.05) is 20.3 Å². The van der Waals surface area contributed by atoms with Crippen molar-refractivity contribution < 1.29 is 9.53 Å². The maximum absolute atomic E-state index is 12.5. The summed E-state index contributed by atoms with van der Waals surface area (Å²) < 4.78 is 5.05. The van der Waals surface area contributed by atoms with E-state index in [9.17, 15) is 4.79 Å². The third-order valence-corrected chi connectivity index (χ3v) is 3.57. The number of amides is 1. The van der Waals surface area contributed by atoms with Crippen molar-refractivity contribution in [1.29, 1.82) is 0 Å². The van der Waals surface area contributed by atoms with Gasteiger partial charge < -0.3 is 15.4 Å². The van der Waals surface area contributed by atoms with Crippen LogP contribution in [-0.2, 0) is 9.53 Å². The molecule has 0 unspecified atom stereocenters. The lowest BCUT2D eigenvalue weighted by molar-refractivity contribution is -0.146. The molecule has 0 saturated carbocycles. The van der Waals surface area contributed by atoms with E-state index in [2.05, 4.69) is 0 Å². The van der Waals surface area contributed by atoms with E-state index in [1.165, 1.54) is 0 Å². The van der Waals surface area contributed by atoms with E-state index in [0.717, 1.165) is 0 Å². The average molecular weight is 244 g/mol. The van der Waals surface area contributed by atoms with Crippen LogP contribution >= 0.6 is 0 Å². The number of hydrogen-bond donors (Lipinski definition) is 1. The zero-order valence-electron chi connectivity index (χ0n) is 12.3. The number of nitrogens with zero attached hydrogens (tertiary/aromatic N) is 1. The lowest BCUT2D eigenvalue weighted by Crippen LogP contribution is -2.58. The normalized spacial score (nSPS) is 13.0. The maximum atomic E-state index is 12.5. The number of rotatable bonds is 6. The van der Waals surface area contributed by atoms with E-state index < -0.39 is 11.0 Å². The second-order valence-electron chi connectivity index (χ2n) is 5.93. The third kappa shape index (κ3) is 3.96. The Kier molecular flexibility index (Phi) is 5.62. The van der Waals surface area contributed by atoms with Crippen molar-refractivity contribution in [2.24, 2.45) is 11.1 Å². The van der Waals surface area contributed by atoms with Gasteiger partial charge >= 0.3 is 0 Å². The van der Waals surface area contributed by atoms with Crippen LogP contribution in [0.25, 0.3) is 0 Å². The Morgan fingerprint density at radius 2 is 1.76 bits per heavy atom. The van der Waals surface area contributed by atoms with Gasteiger partial charge in [0.05, 0.1) is 12.0 Å². The van der Waals surface area contributed by atoms with Crippen LogP contribution in [0.4, 0.5) is 0 Å². The molecule has 0 spiro atoms. The Bertz CT molecular complexity index is 255. The molecule has 0 aromatic heterocycles. The number of carbonyl (C=O) groups excluding carboxylic acids is 1. The molecular weight excluding hydrogens is 216 g/mol. The predicted molar refractivity (Wildman–Crippen MR) is 70.8 cm³/mol. The first-order valence-electron chi connectivity index (χ1n) is 6.14. The first kappa shape index (κ1) is 16.4. The summed E-state index contributed by atoms with van der Waals surface area (Å²) in [4.78, 5) is 14.4. The second-order valence-corrected chi connectivity index (χ2v) is 5.93. The van der Waals surface area contributed by atoms with Crippen molar-refractivity contribution in [3.05, 3.63) is 0 Å². The van der Waals surface area contributed by atoms with Crippen LogP contribution in [0.15, 0.2) is 0 Å². The van der Waals surface area contributed by atoms with Gasteiger partial charge in [0.2, 0.25) is 5.91 Å². The minimum Gasteiger partial charge on any atom is -0.383 e. The molecule has 4 nitrogen and oxygen atoms in total. The summed E-state index contributed by atoms with van der Waals surface area (Å²) >= 11 is 0. The van der Waals surface area contributed by atoms with Crippen LogP contribution < -0.4 is 5.73 Å². The molecule has 4 heteroatoms. The van der Waals surface area contributed by atoms with Gasteiger partial charge in [0, 0.05) is 25.2 Å². The van der Waals surface area contributed by atoms with E-state index in [4.69, 9.17) is 10.5 Å². The third-order valence-electron chi connectivity index (χ3n) is 3.57. The number of methoxy groups -OCH3 is 1. The van der Waals surface area contributed by atoms with Gasteiger partial charge in [0.15, 0.2) is 0 Å². The van der Waals surface area contributed by atoms with Crippen molar-refractivity contribution in [1.82, 2.24) is 4.90 Å². The van der Waals surface area contributed by atoms with Gasteiger partial charge in [-0.2, -0.15) is 0 Å². The van der Waals surface area contributed by atoms with Crippen LogP contribution in [0.5, 0.6) is 0 Å². The highest BCUT2D eigenvalue weighted by Gasteiger charge is 2.43. The first-order valence-corrected chi connectivity index (χ1v) is 6.14. The minimum absolute atomic E-state index is 0.0806. The summed E-state index contributed by atoms with van der Waals surface area (Å²) in [7, 11) is 1.64. The van der Waals surface area contributed by atoms with Crippen molar-refractivity contribution in [2.45, 2.75) is 53.1 Å². The van der Waals surface area contributed by atoms with E-state index in [1.807, 2.05) is 46.4 Å². The number of carbonyl (C=O) groups is 1. The van der Waals surface area contributed by atoms with Crippen molar-refractivity contribution >= 4 is 5.91 Å². The Balaban J connectivity index is 4.96. The fourth-order valence-corrected chi connectivity index (χ4v) is 1.42. The monoisotopic (exact) mass is 244 g/mol. The molecule has 0 rings (SSSR count). The molecule has 0 aromatic carbocycles. The highest BCUT2D eigenvalue weighted by atomic mass is 16.5. The van der Waals surface area contributed by atoms with Crippen LogP contribution in [0.3, 0.4) is 0 Å². The van der Waals surface area contributed by atoms with Gasteiger partial charge in [-0.1, -0.05) is 0 Å².